The topological polar surface area (TPSA) is 21.9 Å². The van der Waals surface area contributed by atoms with Crippen LogP contribution in [0.15, 0.2) is 30.3 Å². The van der Waals surface area contributed by atoms with E-state index < -0.39 is 0 Å². The lowest BCUT2D eigenvalue weighted by atomic mass is 9.90. The van der Waals surface area contributed by atoms with Crippen molar-refractivity contribution < 1.29 is 0 Å². The molecule has 0 radical (unpaired) electrons. The van der Waals surface area contributed by atoms with Gasteiger partial charge in [-0.2, -0.15) is 0 Å². The summed E-state index contributed by atoms with van der Waals surface area (Å²) in [7, 11) is 0. The van der Waals surface area contributed by atoms with Gasteiger partial charge >= 0.3 is 0 Å². The van der Waals surface area contributed by atoms with E-state index in [2.05, 4.69) is 56.4 Å². The fourth-order valence-corrected chi connectivity index (χ4v) is 1.80. The van der Waals surface area contributed by atoms with Gasteiger partial charge in [0, 0.05) is 5.54 Å². The molecular weight excluding hydrogens is 146 g/mol. The van der Waals surface area contributed by atoms with E-state index in [-0.39, 0.29) is 11.1 Å². The molecular formula is C11H15N. The molecule has 0 amide bonds. The van der Waals surface area contributed by atoms with Crippen molar-refractivity contribution in [2.45, 2.75) is 31.8 Å². The maximum atomic E-state index is 3.50. The van der Waals surface area contributed by atoms with Crippen molar-refractivity contribution in [3.05, 3.63) is 35.9 Å². The highest BCUT2D eigenvalue weighted by Gasteiger charge is 2.57. The van der Waals surface area contributed by atoms with Gasteiger partial charge in [0.15, 0.2) is 0 Å². The van der Waals surface area contributed by atoms with Gasteiger partial charge in [-0.05, 0) is 26.3 Å². The molecule has 1 fully saturated rings. The van der Waals surface area contributed by atoms with Gasteiger partial charge in [0.2, 0.25) is 0 Å². The molecule has 1 aliphatic rings. The summed E-state index contributed by atoms with van der Waals surface area (Å²) in [5.41, 5.74) is 1.83. The Balaban J connectivity index is 2.35. The Labute approximate surface area is 73.8 Å². The van der Waals surface area contributed by atoms with E-state index in [9.17, 15) is 0 Å². The van der Waals surface area contributed by atoms with Crippen molar-refractivity contribution in [2.75, 3.05) is 0 Å². The van der Waals surface area contributed by atoms with Gasteiger partial charge in [-0.3, -0.25) is 5.32 Å². The smallest absolute Gasteiger partial charge is 0.0590 e. The van der Waals surface area contributed by atoms with Crippen LogP contribution < -0.4 is 5.32 Å². The average molecular weight is 161 g/mol. The van der Waals surface area contributed by atoms with Crippen LogP contribution in [0.3, 0.4) is 0 Å². The Kier molecular flexibility index (Phi) is 1.37. The fourth-order valence-electron chi connectivity index (χ4n) is 1.80. The summed E-state index contributed by atoms with van der Waals surface area (Å²) in [6, 6.07) is 10.6. The third-order valence-electron chi connectivity index (χ3n) is 3.10. The maximum Gasteiger partial charge on any atom is 0.0590 e. The van der Waals surface area contributed by atoms with Crippen LogP contribution in [0.4, 0.5) is 0 Å². The SMILES string of the molecule is CC1(C)N[C@]1(C)c1ccccc1. The predicted molar refractivity (Wildman–Crippen MR) is 51.0 cm³/mol. The van der Waals surface area contributed by atoms with Crippen LogP contribution in [0.1, 0.15) is 26.3 Å². The molecule has 1 aromatic rings. The zero-order valence-corrected chi connectivity index (χ0v) is 7.89. The number of nitrogens with one attached hydrogen (secondary N) is 1. The Hall–Kier alpha value is -0.820. The molecule has 0 unspecified atom stereocenters. The highest BCUT2D eigenvalue weighted by atomic mass is 15.3. The first kappa shape index (κ1) is 7.81. The van der Waals surface area contributed by atoms with Crippen molar-refractivity contribution in [3.63, 3.8) is 0 Å². The minimum absolute atomic E-state index is 0.189. The van der Waals surface area contributed by atoms with Crippen molar-refractivity contribution >= 4 is 0 Å². The highest BCUT2D eigenvalue weighted by molar-refractivity contribution is 5.36. The largest absolute Gasteiger partial charge is 0.299 e. The molecule has 0 spiro atoms. The lowest BCUT2D eigenvalue weighted by Gasteiger charge is -2.11. The van der Waals surface area contributed by atoms with Gasteiger partial charge in [0.1, 0.15) is 0 Å². The van der Waals surface area contributed by atoms with Gasteiger partial charge < -0.3 is 0 Å². The molecule has 1 saturated heterocycles. The normalized spacial score (nSPS) is 31.6. The number of hydrogen-bond donors (Lipinski definition) is 1. The van der Waals surface area contributed by atoms with Crippen LogP contribution in [0.5, 0.6) is 0 Å². The summed E-state index contributed by atoms with van der Waals surface area (Å²) in [4.78, 5) is 0. The lowest BCUT2D eigenvalue weighted by Crippen LogP contribution is -2.13. The van der Waals surface area contributed by atoms with Crippen LogP contribution >= 0.6 is 0 Å². The molecule has 1 N–H and O–H groups in total. The van der Waals surface area contributed by atoms with Gasteiger partial charge in [-0.1, -0.05) is 30.3 Å². The molecule has 1 heteroatoms. The summed E-state index contributed by atoms with van der Waals surface area (Å²) in [5.74, 6) is 0. The first-order chi connectivity index (χ1) is 5.56. The summed E-state index contributed by atoms with van der Waals surface area (Å²) < 4.78 is 0. The van der Waals surface area contributed by atoms with Gasteiger partial charge in [0.25, 0.3) is 0 Å². The van der Waals surface area contributed by atoms with E-state index in [1.165, 1.54) is 5.56 Å². The van der Waals surface area contributed by atoms with Crippen LogP contribution in [0.25, 0.3) is 0 Å². The van der Waals surface area contributed by atoms with Crippen molar-refractivity contribution in [1.29, 1.82) is 0 Å². The highest BCUT2D eigenvalue weighted by Crippen LogP contribution is 2.46. The molecule has 1 nitrogen and oxygen atoms in total. The Morgan fingerprint density at radius 3 is 1.92 bits per heavy atom. The van der Waals surface area contributed by atoms with Gasteiger partial charge in [-0.25, -0.2) is 0 Å². The zero-order valence-electron chi connectivity index (χ0n) is 7.89. The Bertz CT molecular complexity index is 289. The third kappa shape index (κ3) is 0.896. The van der Waals surface area contributed by atoms with Crippen LogP contribution in [-0.2, 0) is 5.54 Å². The maximum absolute atomic E-state index is 3.50. The third-order valence-corrected chi connectivity index (χ3v) is 3.10. The van der Waals surface area contributed by atoms with Crippen LogP contribution in [0, 0.1) is 0 Å². The fraction of sp³-hybridized carbons (Fsp3) is 0.455. The molecule has 0 aliphatic carbocycles. The second-order valence-electron chi connectivity index (χ2n) is 4.24. The molecule has 1 heterocycles. The molecule has 12 heavy (non-hydrogen) atoms. The van der Waals surface area contributed by atoms with E-state index in [0.29, 0.717) is 0 Å². The molecule has 64 valence electrons. The lowest BCUT2D eigenvalue weighted by molar-refractivity contribution is 0.636. The number of benzene rings is 1. The summed E-state index contributed by atoms with van der Waals surface area (Å²) in [6.45, 7) is 6.72. The first-order valence-corrected chi connectivity index (χ1v) is 4.41. The van der Waals surface area contributed by atoms with Crippen LogP contribution in [0.2, 0.25) is 0 Å². The number of hydrogen-bond acceptors (Lipinski definition) is 1. The molecule has 0 saturated carbocycles. The van der Waals surface area contributed by atoms with E-state index in [1.54, 1.807) is 0 Å². The standard InChI is InChI=1S/C11H15N/c1-10(2)11(3,12-10)9-7-5-4-6-8-9/h4-8,12H,1-3H3/t11-/m1/s1. The summed E-state index contributed by atoms with van der Waals surface area (Å²) >= 11 is 0. The molecule has 0 aromatic heterocycles. The van der Waals surface area contributed by atoms with E-state index >= 15 is 0 Å². The first-order valence-electron chi connectivity index (χ1n) is 4.41. The molecule has 1 atom stereocenters. The van der Waals surface area contributed by atoms with Gasteiger partial charge in [0.05, 0.1) is 5.54 Å². The molecule has 2 rings (SSSR count). The van der Waals surface area contributed by atoms with E-state index in [1.807, 2.05) is 0 Å². The monoisotopic (exact) mass is 161 g/mol. The number of rotatable bonds is 1. The van der Waals surface area contributed by atoms with E-state index in [0.717, 1.165) is 0 Å². The van der Waals surface area contributed by atoms with Crippen molar-refractivity contribution in [1.82, 2.24) is 5.32 Å². The molecule has 1 aromatic carbocycles. The van der Waals surface area contributed by atoms with E-state index in [4.69, 9.17) is 0 Å². The average Bonchev–Trinajstić information content (AvgIpc) is 2.55. The summed E-state index contributed by atoms with van der Waals surface area (Å²) in [5, 5.41) is 3.50. The summed E-state index contributed by atoms with van der Waals surface area (Å²) in [6.07, 6.45) is 0. The van der Waals surface area contributed by atoms with Crippen molar-refractivity contribution in [3.8, 4) is 0 Å². The Morgan fingerprint density at radius 1 is 1.00 bits per heavy atom. The second-order valence-corrected chi connectivity index (χ2v) is 4.24. The second kappa shape index (κ2) is 2.11. The van der Waals surface area contributed by atoms with Crippen molar-refractivity contribution in [2.24, 2.45) is 0 Å². The minimum atomic E-state index is 0.189. The molecule has 0 bridgehead atoms. The minimum Gasteiger partial charge on any atom is -0.299 e. The predicted octanol–water partition coefficient (Wildman–Crippen LogP) is 2.28. The quantitative estimate of drug-likeness (QED) is 0.627. The zero-order chi connectivity index (χ0) is 8.82. The van der Waals surface area contributed by atoms with Crippen LogP contribution in [-0.4, -0.2) is 5.54 Å². The van der Waals surface area contributed by atoms with Gasteiger partial charge in [-0.15, -0.1) is 0 Å². The Morgan fingerprint density at radius 2 is 1.50 bits per heavy atom. The molecule has 1 aliphatic heterocycles.